The first-order chi connectivity index (χ1) is 9.65. The molecular weight excluding hydrogens is 320 g/mol. The predicted octanol–water partition coefficient (Wildman–Crippen LogP) is 3.55. The van der Waals surface area contributed by atoms with Crippen molar-refractivity contribution in [1.82, 2.24) is 9.78 Å². The van der Waals surface area contributed by atoms with Gasteiger partial charge >= 0.3 is 5.97 Å². The van der Waals surface area contributed by atoms with E-state index < -0.39 is 5.97 Å². The van der Waals surface area contributed by atoms with Crippen LogP contribution in [0.15, 0.2) is 53.1 Å². The molecule has 3 rings (SSSR count). The standard InChI is InChI=1S/C15H11BrN2O2/c16-14-12-8-11(15(19)20)6-7-13(12)18(17-14)9-10-4-2-1-3-5-10/h1-8H,9H2,(H,19,20). The van der Waals surface area contributed by atoms with Gasteiger partial charge in [0.2, 0.25) is 0 Å². The van der Waals surface area contributed by atoms with Gasteiger partial charge in [-0.2, -0.15) is 5.10 Å². The third-order valence-corrected chi connectivity index (χ3v) is 3.71. The molecule has 5 heteroatoms. The van der Waals surface area contributed by atoms with E-state index in [1.165, 1.54) is 0 Å². The number of benzene rings is 2. The third-order valence-electron chi connectivity index (χ3n) is 3.13. The molecule has 0 saturated carbocycles. The summed E-state index contributed by atoms with van der Waals surface area (Å²) < 4.78 is 2.52. The summed E-state index contributed by atoms with van der Waals surface area (Å²) in [4.78, 5) is 11.0. The zero-order valence-corrected chi connectivity index (χ0v) is 12.0. The number of halogens is 1. The first kappa shape index (κ1) is 12.9. The van der Waals surface area contributed by atoms with Gasteiger partial charge in [-0.05, 0) is 39.7 Å². The second-order valence-corrected chi connectivity index (χ2v) is 5.22. The fourth-order valence-electron chi connectivity index (χ4n) is 2.15. The number of hydrogen-bond acceptors (Lipinski definition) is 2. The summed E-state index contributed by atoms with van der Waals surface area (Å²) in [7, 11) is 0. The molecule has 1 heterocycles. The Kier molecular flexibility index (Phi) is 3.28. The molecule has 0 spiro atoms. The molecular formula is C15H11BrN2O2. The molecule has 3 aromatic rings. The second-order valence-electron chi connectivity index (χ2n) is 4.47. The molecule has 0 aliphatic rings. The van der Waals surface area contributed by atoms with Crippen molar-refractivity contribution in [2.24, 2.45) is 0 Å². The van der Waals surface area contributed by atoms with Crippen LogP contribution in [0.3, 0.4) is 0 Å². The van der Waals surface area contributed by atoms with Crippen LogP contribution in [0.5, 0.6) is 0 Å². The van der Waals surface area contributed by atoms with E-state index in [0.717, 1.165) is 16.5 Å². The van der Waals surface area contributed by atoms with Gasteiger partial charge in [-0.3, -0.25) is 4.68 Å². The second kappa shape index (κ2) is 5.09. The molecule has 100 valence electrons. The number of hydrogen-bond donors (Lipinski definition) is 1. The van der Waals surface area contributed by atoms with E-state index >= 15 is 0 Å². The molecule has 4 nitrogen and oxygen atoms in total. The van der Waals surface area contributed by atoms with Crippen molar-refractivity contribution in [3.8, 4) is 0 Å². The quantitative estimate of drug-likeness (QED) is 0.799. The predicted molar refractivity (Wildman–Crippen MR) is 79.9 cm³/mol. The summed E-state index contributed by atoms with van der Waals surface area (Å²) in [6.07, 6.45) is 0. The SMILES string of the molecule is O=C(O)c1ccc2c(c1)c(Br)nn2Cc1ccccc1. The number of fused-ring (bicyclic) bond motifs is 1. The molecule has 0 fully saturated rings. The Balaban J connectivity index is 2.07. The van der Waals surface area contributed by atoms with E-state index in [9.17, 15) is 4.79 Å². The Morgan fingerprint density at radius 1 is 1.20 bits per heavy atom. The highest BCUT2D eigenvalue weighted by Crippen LogP contribution is 2.25. The van der Waals surface area contributed by atoms with Gasteiger partial charge < -0.3 is 5.11 Å². The number of aromatic nitrogens is 2. The Labute approximate surface area is 123 Å². The normalized spacial score (nSPS) is 10.8. The van der Waals surface area contributed by atoms with Crippen LogP contribution in [0.2, 0.25) is 0 Å². The summed E-state index contributed by atoms with van der Waals surface area (Å²) >= 11 is 3.39. The Morgan fingerprint density at radius 3 is 2.65 bits per heavy atom. The van der Waals surface area contributed by atoms with Crippen molar-refractivity contribution in [2.45, 2.75) is 6.54 Å². The third kappa shape index (κ3) is 2.32. The highest BCUT2D eigenvalue weighted by atomic mass is 79.9. The van der Waals surface area contributed by atoms with E-state index in [0.29, 0.717) is 11.1 Å². The Morgan fingerprint density at radius 2 is 1.95 bits per heavy atom. The van der Waals surface area contributed by atoms with Gasteiger partial charge in [0.25, 0.3) is 0 Å². The van der Waals surface area contributed by atoms with Crippen LogP contribution in [0, 0.1) is 0 Å². The number of carboxylic acid groups (broad SMARTS) is 1. The van der Waals surface area contributed by atoms with Gasteiger partial charge in [0.15, 0.2) is 0 Å². The van der Waals surface area contributed by atoms with Gasteiger partial charge in [-0.25, -0.2) is 4.79 Å². The van der Waals surface area contributed by atoms with Crippen LogP contribution in [-0.4, -0.2) is 20.9 Å². The molecule has 0 aliphatic carbocycles. The van der Waals surface area contributed by atoms with E-state index in [1.54, 1.807) is 18.2 Å². The van der Waals surface area contributed by atoms with Crippen LogP contribution in [0.25, 0.3) is 10.9 Å². The van der Waals surface area contributed by atoms with Crippen molar-refractivity contribution >= 4 is 32.8 Å². The summed E-state index contributed by atoms with van der Waals surface area (Å²) in [5, 5.41) is 14.3. The topological polar surface area (TPSA) is 55.1 Å². The minimum absolute atomic E-state index is 0.262. The fraction of sp³-hybridized carbons (Fsp3) is 0.0667. The summed E-state index contributed by atoms with van der Waals surface area (Å²) in [6.45, 7) is 0.648. The molecule has 0 radical (unpaired) electrons. The fourth-order valence-corrected chi connectivity index (χ4v) is 2.66. The van der Waals surface area contributed by atoms with Crippen LogP contribution >= 0.6 is 15.9 Å². The molecule has 1 N–H and O–H groups in total. The van der Waals surface area contributed by atoms with Gasteiger partial charge in [-0.15, -0.1) is 0 Å². The molecule has 1 aromatic heterocycles. The number of carbonyl (C=O) groups is 1. The van der Waals surface area contributed by atoms with Crippen molar-refractivity contribution in [3.05, 3.63) is 64.3 Å². The summed E-state index contributed by atoms with van der Waals surface area (Å²) in [6, 6.07) is 15.0. The molecule has 20 heavy (non-hydrogen) atoms. The average Bonchev–Trinajstić information content (AvgIpc) is 2.76. The highest BCUT2D eigenvalue weighted by molar-refractivity contribution is 9.10. The lowest BCUT2D eigenvalue weighted by atomic mass is 10.1. The summed E-state index contributed by atoms with van der Waals surface area (Å²) in [5.74, 6) is -0.936. The molecule has 0 atom stereocenters. The van der Waals surface area contributed by atoms with Crippen LogP contribution in [0.1, 0.15) is 15.9 Å². The first-order valence-electron chi connectivity index (χ1n) is 6.08. The van der Waals surface area contributed by atoms with Crippen molar-refractivity contribution in [1.29, 1.82) is 0 Å². The lowest BCUT2D eigenvalue weighted by Crippen LogP contribution is -2.01. The van der Waals surface area contributed by atoms with E-state index in [2.05, 4.69) is 21.0 Å². The van der Waals surface area contributed by atoms with Crippen molar-refractivity contribution in [3.63, 3.8) is 0 Å². The molecule has 0 aliphatic heterocycles. The maximum Gasteiger partial charge on any atom is 0.335 e. The van der Waals surface area contributed by atoms with E-state index in [1.807, 2.05) is 35.0 Å². The van der Waals surface area contributed by atoms with Crippen molar-refractivity contribution in [2.75, 3.05) is 0 Å². The Hall–Kier alpha value is -2.14. The summed E-state index contributed by atoms with van der Waals surface area (Å²) in [5.41, 5.74) is 2.31. The molecule has 0 bridgehead atoms. The molecule has 0 saturated heterocycles. The molecule has 0 unspecified atom stereocenters. The van der Waals surface area contributed by atoms with Gasteiger partial charge in [-0.1, -0.05) is 30.3 Å². The minimum atomic E-state index is -0.936. The Bertz CT molecular complexity index is 781. The van der Waals surface area contributed by atoms with Crippen LogP contribution < -0.4 is 0 Å². The van der Waals surface area contributed by atoms with Crippen LogP contribution in [0.4, 0.5) is 0 Å². The van der Waals surface area contributed by atoms with E-state index in [-0.39, 0.29) is 5.56 Å². The largest absolute Gasteiger partial charge is 0.478 e. The molecule has 2 aromatic carbocycles. The van der Waals surface area contributed by atoms with Gasteiger partial charge in [0.05, 0.1) is 17.6 Å². The zero-order chi connectivity index (χ0) is 14.1. The monoisotopic (exact) mass is 330 g/mol. The van der Waals surface area contributed by atoms with Gasteiger partial charge in [0.1, 0.15) is 4.60 Å². The number of nitrogens with zero attached hydrogens (tertiary/aromatic N) is 2. The highest BCUT2D eigenvalue weighted by Gasteiger charge is 2.12. The van der Waals surface area contributed by atoms with E-state index in [4.69, 9.17) is 5.11 Å². The number of rotatable bonds is 3. The maximum atomic E-state index is 11.0. The number of aromatic carboxylic acids is 1. The average molecular weight is 331 g/mol. The van der Waals surface area contributed by atoms with Gasteiger partial charge in [0, 0.05) is 5.39 Å². The minimum Gasteiger partial charge on any atom is -0.478 e. The number of carboxylic acids is 1. The van der Waals surface area contributed by atoms with Crippen molar-refractivity contribution < 1.29 is 9.90 Å². The first-order valence-corrected chi connectivity index (χ1v) is 6.88. The van der Waals surface area contributed by atoms with Crippen LogP contribution in [-0.2, 0) is 6.54 Å². The lowest BCUT2D eigenvalue weighted by Gasteiger charge is -2.03. The zero-order valence-electron chi connectivity index (χ0n) is 10.5. The maximum absolute atomic E-state index is 11.0. The lowest BCUT2D eigenvalue weighted by molar-refractivity contribution is 0.0697. The molecule has 0 amide bonds. The smallest absolute Gasteiger partial charge is 0.335 e.